The van der Waals surface area contributed by atoms with Gasteiger partial charge in [0.2, 0.25) is 15.9 Å². The average Bonchev–Trinajstić information content (AvgIpc) is 2.96. The Hall–Kier alpha value is -1.64. The van der Waals surface area contributed by atoms with E-state index in [0.29, 0.717) is 6.61 Å². The lowest BCUT2D eigenvalue weighted by Gasteiger charge is -2.07. The van der Waals surface area contributed by atoms with Crippen LogP contribution in [0.25, 0.3) is 0 Å². The SMILES string of the molecule is CCOc1ccc(CNS(=O)(=O)c2csnc2OC)cc1. The number of methoxy groups -OCH3 is 1. The number of rotatable bonds is 7. The molecule has 0 atom stereocenters. The maximum Gasteiger partial charge on any atom is 0.247 e. The minimum atomic E-state index is -3.64. The third-order valence-corrected chi connectivity index (χ3v) is 4.85. The van der Waals surface area contributed by atoms with E-state index in [-0.39, 0.29) is 17.3 Å². The fourth-order valence-electron chi connectivity index (χ4n) is 1.66. The summed E-state index contributed by atoms with van der Waals surface area (Å²) in [7, 11) is -2.25. The molecular weight excluding hydrogens is 312 g/mol. The van der Waals surface area contributed by atoms with E-state index in [4.69, 9.17) is 9.47 Å². The van der Waals surface area contributed by atoms with Crippen molar-refractivity contribution in [2.24, 2.45) is 0 Å². The number of sulfonamides is 1. The summed E-state index contributed by atoms with van der Waals surface area (Å²) in [6, 6.07) is 7.24. The number of hydrogen-bond acceptors (Lipinski definition) is 6. The molecule has 0 unspecified atom stereocenters. The van der Waals surface area contributed by atoms with Crippen molar-refractivity contribution in [2.75, 3.05) is 13.7 Å². The molecule has 0 aliphatic heterocycles. The Kier molecular flexibility index (Phi) is 5.16. The molecule has 6 nitrogen and oxygen atoms in total. The topological polar surface area (TPSA) is 77.5 Å². The highest BCUT2D eigenvalue weighted by molar-refractivity contribution is 7.89. The van der Waals surface area contributed by atoms with Crippen molar-refractivity contribution >= 4 is 21.6 Å². The van der Waals surface area contributed by atoms with Gasteiger partial charge in [0.25, 0.3) is 0 Å². The van der Waals surface area contributed by atoms with E-state index < -0.39 is 10.0 Å². The molecule has 114 valence electrons. The average molecular weight is 328 g/mol. The molecule has 0 bridgehead atoms. The van der Waals surface area contributed by atoms with E-state index in [9.17, 15) is 8.42 Å². The van der Waals surface area contributed by atoms with Gasteiger partial charge in [-0.1, -0.05) is 12.1 Å². The molecule has 0 amide bonds. The maximum absolute atomic E-state index is 12.2. The van der Waals surface area contributed by atoms with Crippen molar-refractivity contribution in [3.05, 3.63) is 35.2 Å². The lowest BCUT2D eigenvalue weighted by molar-refractivity contribution is 0.340. The summed E-state index contributed by atoms with van der Waals surface area (Å²) in [5.74, 6) is 0.868. The molecule has 8 heteroatoms. The van der Waals surface area contributed by atoms with Crippen LogP contribution < -0.4 is 14.2 Å². The molecule has 0 saturated heterocycles. The maximum atomic E-state index is 12.2. The molecule has 2 aromatic rings. The molecule has 1 aromatic carbocycles. The van der Waals surface area contributed by atoms with Gasteiger partial charge in [-0.05, 0) is 36.2 Å². The van der Waals surface area contributed by atoms with Gasteiger partial charge in [-0.3, -0.25) is 0 Å². The Morgan fingerprint density at radius 1 is 1.29 bits per heavy atom. The number of aromatic nitrogens is 1. The van der Waals surface area contributed by atoms with Gasteiger partial charge in [0.1, 0.15) is 5.75 Å². The van der Waals surface area contributed by atoms with Crippen LogP contribution >= 0.6 is 11.5 Å². The van der Waals surface area contributed by atoms with E-state index in [2.05, 4.69) is 9.10 Å². The molecule has 0 saturated carbocycles. The van der Waals surface area contributed by atoms with Crippen LogP contribution in [-0.2, 0) is 16.6 Å². The molecule has 1 aromatic heterocycles. The summed E-state index contributed by atoms with van der Waals surface area (Å²) in [4.78, 5) is 0.0564. The van der Waals surface area contributed by atoms with Crippen LogP contribution in [0.3, 0.4) is 0 Å². The Balaban J connectivity index is 2.05. The quantitative estimate of drug-likeness (QED) is 0.841. The number of nitrogens with one attached hydrogen (secondary N) is 1. The van der Waals surface area contributed by atoms with Gasteiger partial charge in [0, 0.05) is 11.9 Å². The first-order chi connectivity index (χ1) is 10.1. The Bertz CT molecular complexity index is 680. The van der Waals surface area contributed by atoms with Gasteiger partial charge in [-0.15, -0.1) is 0 Å². The first-order valence-corrected chi connectivity index (χ1v) is 8.58. The molecule has 1 heterocycles. The third-order valence-electron chi connectivity index (χ3n) is 2.69. The van der Waals surface area contributed by atoms with Crippen LogP contribution in [0.1, 0.15) is 12.5 Å². The van der Waals surface area contributed by atoms with Crippen molar-refractivity contribution in [3.63, 3.8) is 0 Å². The van der Waals surface area contributed by atoms with Gasteiger partial charge in [0.15, 0.2) is 4.90 Å². The Morgan fingerprint density at radius 3 is 2.62 bits per heavy atom. The molecule has 0 aliphatic carbocycles. The van der Waals surface area contributed by atoms with Crippen LogP contribution in [0.4, 0.5) is 0 Å². The van der Waals surface area contributed by atoms with Crippen molar-refractivity contribution in [3.8, 4) is 11.6 Å². The summed E-state index contributed by atoms with van der Waals surface area (Å²) >= 11 is 1.04. The predicted molar refractivity (Wildman–Crippen MR) is 80.3 cm³/mol. The second-order valence-electron chi connectivity index (χ2n) is 4.09. The first-order valence-electron chi connectivity index (χ1n) is 6.26. The van der Waals surface area contributed by atoms with Crippen molar-refractivity contribution < 1.29 is 17.9 Å². The number of hydrogen-bond donors (Lipinski definition) is 1. The predicted octanol–water partition coefficient (Wildman–Crippen LogP) is 2.03. The van der Waals surface area contributed by atoms with E-state index in [1.54, 1.807) is 12.1 Å². The van der Waals surface area contributed by atoms with Gasteiger partial charge >= 0.3 is 0 Å². The van der Waals surface area contributed by atoms with Crippen LogP contribution in [0.15, 0.2) is 34.5 Å². The van der Waals surface area contributed by atoms with E-state index in [1.165, 1.54) is 12.5 Å². The second kappa shape index (κ2) is 6.88. The van der Waals surface area contributed by atoms with Gasteiger partial charge in [-0.25, -0.2) is 13.1 Å². The second-order valence-corrected chi connectivity index (χ2v) is 6.45. The monoisotopic (exact) mass is 328 g/mol. The zero-order chi connectivity index (χ0) is 15.3. The lowest BCUT2D eigenvalue weighted by Crippen LogP contribution is -2.23. The summed E-state index contributed by atoms with van der Waals surface area (Å²) in [5.41, 5.74) is 0.837. The van der Waals surface area contributed by atoms with E-state index in [0.717, 1.165) is 22.8 Å². The molecule has 0 spiro atoms. The number of ether oxygens (including phenoxy) is 2. The standard InChI is InChI=1S/C13H16N2O4S2/c1-3-19-11-6-4-10(5-7-11)8-14-21(16,17)12-9-20-15-13(12)18-2/h4-7,9,14H,3,8H2,1-2H3. The molecule has 0 fully saturated rings. The highest BCUT2D eigenvalue weighted by Crippen LogP contribution is 2.24. The fraction of sp³-hybridized carbons (Fsp3) is 0.308. The van der Waals surface area contributed by atoms with Crippen LogP contribution in [0.2, 0.25) is 0 Å². The Morgan fingerprint density at radius 2 is 2.00 bits per heavy atom. The lowest BCUT2D eigenvalue weighted by atomic mass is 10.2. The summed E-state index contributed by atoms with van der Waals surface area (Å²) in [5, 5.41) is 1.44. The molecule has 2 rings (SSSR count). The first kappa shape index (κ1) is 15.7. The summed E-state index contributed by atoms with van der Waals surface area (Å²) in [6.07, 6.45) is 0. The fourth-order valence-corrected chi connectivity index (χ4v) is 3.74. The van der Waals surface area contributed by atoms with Gasteiger partial charge in [0.05, 0.1) is 13.7 Å². The van der Waals surface area contributed by atoms with Gasteiger partial charge in [-0.2, -0.15) is 4.37 Å². The largest absolute Gasteiger partial charge is 0.494 e. The summed E-state index contributed by atoms with van der Waals surface area (Å²) in [6.45, 7) is 2.69. The smallest absolute Gasteiger partial charge is 0.247 e. The van der Waals surface area contributed by atoms with Crippen LogP contribution in [-0.4, -0.2) is 26.5 Å². The molecule has 21 heavy (non-hydrogen) atoms. The molecule has 0 aliphatic rings. The Labute approximate surface area is 127 Å². The summed E-state index contributed by atoms with van der Waals surface area (Å²) < 4.78 is 41.0. The van der Waals surface area contributed by atoms with E-state index >= 15 is 0 Å². The van der Waals surface area contributed by atoms with Crippen molar-refractivity contribution in [1.82, 2.24) is 9.10 Å². The highest BCUT2D eigenvalue weighted by atomic mass is 32.2. The zero-order valence-corrected chi connectivity index (χ0v) is 13.3. The van der Waals surface area contributed by atoms with E-state index in [1.807, 2.05) is 19.1 Å². The van der Waals surface area contributed by atoms with Crippen molar-refractivity contribution in [2.45, 2.75) is 18.4 Å². The van der Waals surface area contributed by atoms with Crippen LogP contribution in [0.5, 0.6) is 11.6 Å². The third kappa shape index (κ3) is 3.93. The molecular formula is C13H16N2O4S2. The zero-order valence-electron chi connectivity index (χ0n) is 11.7. The highest BCUT2D eigenvalue weighted by Gasteiger charge is 2.21. The minimum absolute atomic E-state index is 0.0564. The minimum Gasteiger partial charge on any atom is -0.494 e. The van der Waals surface area contributed by atoms with Crippen molar-refractivity contribution in [1.29, 1.82) is 0 Å². The molecule has 0 radical (unpaired) electrons. The van der Waals surface area contributed by atoms with Gasteiger partial charge < -0.3 is 9.47 Å². The number of nitrogens with zero attached hydrogens (tertiary/aromatic N) is 1. The van der Waals surface area contributed by atoms with Crippen LogP contribution in [0, 0.1) is 0 Å². The molecule has 1 N–H and O–H groups in total. The number of benzene rings is 1. The normalized spacial score (nSPS) is 11.3.